The van der Waals surface area contributed by atoms with Crippen molar-refractivity contribution in [1.82, 2.24) is 10.2 Å². The number of hydrogen-bond acceptors (Lipinski definition) is 3. The van der Waals surface area contributed by atoms with Gasteiger partial charge < -0.3 is 9.73 Å². The number of amides is 1. The van der Waals surface area contributed by atoms with Gasteiger partial charge in [0.05, 0.1) is 11.9 Å². The van der Waals surface area contributed by atoms with Gasteiger partial charge in [-0.1, -0.05) is 0 Å². The first-order chi connectivity index (χ1) is 11.5. The van der Waals surface area contributed by atoms with Crippen molar-refractivity contribution >= 4 is 11.6 Å². The van der Waals surface area contributed by atoms with Crippen molar-refractivity contribution in [3.8, 4) is 11.3 Å². The minimum atomic E-state index is -0.335. The number of halogens is 1. The predicted molar refractivity (Wildman–Crippen MR) is 87.5 cm³/mol. The molecule has 1 amide bonds. The number of aromatic nitrogens is 2. The molecule has 0 saturated heterocycles. The number of H-pyrrole nitrogens is 1. The Labute approximate surface area is 137 Å². The number of aromatic amines is 1. The molecular weight excluding hydrogens is 309 g/mol. The third-order valence-corrected chi connectivity index (χ3v) is 4.45. The van der Waals surface area contributed by atoms with E-state index in [4.69, 9.17) is 4.42 Å². The molecule has 122 valence electrons. The zero-order chi connectivity index (χ0) is 16.8. The predicted octanol–water partition coefficient (Wildman–Crippen LogP) is 3.78. The lowest BCUT2D eigenvalue weighted by Crippen LogP contribution is -2.13. The third kappa shape index (κ3) is 2.22. The highest BCUT2D eigenvalue weighted by Gasteiger charge is 2.28. The summed E-state index contributed by atoms with van der Waals surface area (Å²) >= 11 is 0. The Hall–Kier alpha value is -2.89. The van der Waals surface area contributed by atoms with E-state index in [0.717, 1.165) is 41.0 Å². The smallest absolute Gasteiger partial charge is 0.291 e. The Morgan fingerprint density at radius 3 is 2.96 bits per heavy atom. The Morgan fingerprint density at radius 2 is 2.17 bits per heavy atom. The molecule has 2 aromatic heterocycles. The van der Waals surface area contributed by atoms with Crippen molar-refractivity contribution in [1.29, 1.82) is 0 Å². The molecule has 1 aromatic carbocycles. The number of aryl methyl sites for hydroxylation is 3. The van der Waals surface area contributed by atoms with Gasteiger partial charge in [-0.05, 0) is 49.6 Å². The lowest BCUT2D eigenvalue weighted by molar-refractivity contribution is 0.0994. The van der Waals surface area contributed by atoms with Crippen LogP contribution in [-0.4, -0.2) is 16.1 Å². The van der Waals surface area contributed by atoms with E-state index in [0.29, 0.717) is 11.3 Å². The summed E-state index contributed by atoms with van der Waals surface area (Å²) in [7, 11) is 0. The molecule has 0 aliphatic heterocycles. The summed E-state index contributed by atoms with van der Waals surface area (Å²) in [5.41, 5.74) is 5.00. The van der Waals surface area contributed by atoms with Crippen molar-refractivity contribution in [3.05, 3.63) is 58.4 Å². The minimum absolute atomic E-state index is 0.283. The second kappa shape index (κ2) is 5.33. The van der Waals surface area contributed by atoms with E-state index in [1.165, 1.54) is 12.1 Å². The van der Waals surface area contributed by atoms with Crippen LogP contribution in [0.1, 0.15) is 33.0 Å². The first-order valence-electron chi connectivity index (χ1n) is 7.77. The van der Waals surface area contributed by atoms with Crippen LogP contribution in [0, 0.1) is 19.7 Å². The largest absolute Gasteiger partial charge is 0.455 e. The highest BCUT2D eigenvalue weighted by atomic mass is 19.1. The van der Waals surface area contributed by atoms with Crippen LogP contribution in [0.2, 0.25) is 0 Å². The van der Waals surface area contributed by atoms with Crippen LogP contribution in [-0.2, 0) is 12.8 Å². The van der Waals surface area contributed by atoms with Gasteiger partial charge in [0.2, 0.25) is 0 Å². The van der Waals surface area contributed by atoms with E-state index >= 15 is 0 Å². The molecule has 0 bridgehead atoms. The number of fused-ring (bicyclic) bond motifs is 3. The fourth-order valence-corrected chi connectivity index (χ4v) is 3.20. The molecule has 6 heteroatoms. The number of carbonyl (C=O) groups is 1. The molecular formula is C18H16FN3O2. The van der Waals surface area contributed by atoms with Crippen molar-refractivity contribution in [2.45, 2.75) is 26.7 Å². The van der Waals surface area contributed by atoms with Crippen LogP contribution in [0.25, 0.3) is 11.3 Å². The molecule has 0 atom stereocenters. The van der Waals surface area contributed by atoms with Crippen LogP contribution < -0.4 is 5.32 Å². The van der Waals surface area contributed by atoms with Crippen molar-refractivity contribution in [2.24, 2.45) is 0 Å². The summed E-state index contributed by atoms with van der Waals surface area (Å²) in [5.74, 6) is 0.413. The van der Waals surface area contributed by atoms with E-state index in [1.807, 2.05) is 13.1 Å². The van der Waals surface area contributed by atoms with E-state index in [9.17, 15) is 9.18 Å². The first kappa shape index (κ1) is 14.7. The van der Waals surface area contributed by atoms with Gasteiger partial charge in [0.15, 0.2) is 5.76 Å². The van der Waals surface area contributed by atoms with Crippen molar-refractivity contribution < 1.29 is 13.6 Å². The number of nitrogens with zero attached hydrogens (tertiary/aromatic N) is 1. The second-order valence-electron chi connectivity index (χ2n) is 6.04. The summed E-state index contributed by atoms with van der Waals surface area (Å²) in [6.07, 6.45) is 3.39. The molecule has 1 aliphatic rings. The van der Waals surface area contributed by atoms with Gasteiger partial charge in [0.1, 0.15) is 11.6 Å². The Balaban J connectivity index is 1.70. The zero-order valence-electron chi connectivity index (χ0n) is 13.4. The molecule has 3 aromatic rings. The summed E-state index contributed by atoms with van der Waals surface area (Å²) in [6, 6.07) is 4.25. The molecule has 2 heterocycles. The molecule has 0 unspecified atom stereocenters. The quantitative estimate of drug-likeness (QED) is 0.753. The van der Waals surface area contributed by atoms with Crippen molar-refractivity contribution in [3.63, 3.8) is 0 Å². The van der Waals surface area contributed by atoms with Crippen LogP contribution in [0.3, 0.4) is 0 Å². The Kier molecular flexibility index (Phi) is 3.26. The topological polar surface area (TPSA) is 70.9 Å². The zero-order valence-corrected chi connectivity index (χ0v) is 13.4. The molecule has 0 saturated carbocycles. The van der Waals surface area contributed by atoms with Crippen LogP contribution in [0.4, 0.5) is 10.1 Å². The minimum Gasteiger partial charge on any atom is -0.455 e. The highest BCUT2D eigenvalue weighted by Crippen LogP contribution is 2.38. The summed E-state index contributed by atoms with van der Waals surface area (Å²) in [5, 5.41) is 9.87. The lowest BCUT2D eigenvalue weighted by Gasteiger charge is -2.09. The second-order valence-corrected chi connectivity index (χ2v) is 6.04. The molecule has 0 fully saturated rings. The number of carbonyl (C=O) groups excluding carboxylic acids is 1. The molecule has 0 radical (unpaired) electrons. The maximum atomic E-state index is 13.2. The SMILES string of the molecule is Cc1cc(F)ccc1NC(=O)c1oc2c(c1C)-c1[nH]ncc1CC2. The molecule has 0 spiro atoms. The molecule has 24 heavy (non-hydrogen) atoms. The fraction of sp³-hybridized carbons (Fsp3) is 0.222. The summed E-state index contributed by atoms with van der Waals surface area (Å²) in [4.78, 5) is 12.6. The normalized spacial score (nSPS) is 12.6. The van der Waals surface area contributed by atoms with Crippen LogP contribution in [0.5, 0.6) is 0 Å². The Morgan fingerprint density at radius 1 is 1.33 bits per heavy atom. The lowest BCUT2D eigenvalue weighted by atomic mass is 9.93. The molecule has 2 N–H and O–H groups in total. The summed E-state index contributed by atoms with van der Waals surface area (Å²) < 4.78 is 19.0. The number of hydrogen-bond donors (Lipinski definition) is 2. The average Bonchev–Trinajstić information content (AvgIpc) is 3.14. The maximum Gasteiger partial charge on any atom is 0.291 e. The maximum absolute atomic E-state index is 13.2. The van der Waals surface area contributed by atoms with Crippen LogP contribution in [0.15, 0.2) is 28.8 Å². The van der Waals surface area contributed by atoms with Gasteiger partial charge in [-0.2, -0.15) is 5.10 Å². The highest BCUT2D eigenvalue weighted by molar-refractivity contribution is 6.05. The molecule has 1 aliphatic carbocycles. The van der Waals surface area contributed by atoms with Gasteiger partial charge in [0, 0.05) is 23.2 Å². The fourth-order valence-electron chi connectivity index (χ4n) is 3.20. The van der Waals surface area contributed by atoms with E-state index < -0.39 is 0 Å². The van der Waals surface area contributed by atoms with Gasteiger partial charge in [-0.15, -0.1) is 0 Å². The van der Waals surface area contributed by atoms with E-state index in [-0.39, 0.29) is 17.5 Å². The van der Waals surface area contributed by atoms with Gasteiger partial charge in [0.25, 0.3) is 5.91 Å². The van der Waals surface area contributed by atoms with E-state index in [2.05, 4.69) is 15.5 Å². The van der Waals surface area contributed by atoms with Gasteiger partial charge >= 0.3 is 0 Å². The van der Waals surface area contributed by atoms with Gasteiger partial charge in [-0.25, -0.2) is 4.39 Å². The number of nitrogens with one attached hydrogen (secondary N) is 2. The number of anilines is 1. The average molecular weight is 325 g/mol. The number of benzene rings is 1. The van der Waals surface area contributed by atoms with Crippen LogP contribution >= 0.6 is 0 Å². The number of rotatable bonds is 2. The van der Waals surface area contributed by atoms with Crippen molar-refractivity contribution in [2.75, 3.05) is 5.32 Å². The molecule has 4 rings (SSSR count). The van der Waals surface area contributed by atoms with Gasteiger partial charge in [-0.3, -0.25) is 9.89 Å². The standard InChI is InChI=1S/C18H16FN3O2/c1-9-7-12(19)4-5-13(9)21-18(23)17-10(2)15-14(24-17)6-3-11-8-20-22-16(11)15/h4-5,7-8H,3,6H2,1-2H3,(H,20,22)(H,21,23). The monoisotopic (exact) mass is 325 g/mol. The summed E-state index contributed by atoms with van der Waals surface area (Å²) in [6.45, 7) is 3.61. The first-order valence-corrected chi connectivity index (χ1v) is 7.77. The Bertz CT molecular complexity index is 955. The third-order valence-electron chi connectivity index (χ3n) is 4.45. The number of furan rings is 1. The van der Waals surface area contributed by atoms with E-state index in [1.54, 1.807) is 13.0 Å². The molecule has 5 nitrogen and oxygen atoms in total.